The molecule has 0 saturated carbocycles. The molecular weight excluding hydrogens is 163 g/mol. The third-order valence-electron chi connectivity index (χ3n) is 0.892. The van der Waals surface area contributed by atoms with E-state index in [4.69, 9.17) is 12.6 Å². The molecule has 0 amide bonds. The fourth-order valence-electron chi connectivity index (χ4n) is 0.456. The average molecular weight is 176 g/mol. The van der Waals surface area contributed by atoms with E-state index >= 15 is 0 Å². The van der Waals surface area contributed by atoms with Crippen LogP contribution in [-0.2, 0) is 12.6 Å². The predicted molar refractivity (Wildman–Crippen MR) is 51.7 cm³/mol. The van der Waals surface area contributed by atoms with Crippen LogP contribution in [0.2, 0.25) is 0 Å². The summed E-state index contributed by atoms with van der Waals surface area (Å²) in [6.07, 6.45) is 0. The molecule has 0 spiro atoms. The van der Waals surface area contributed by atoms with Gasteiger partial charge in [-0.3, -0.25) is 4.90 Å². The molecule has 62 valence electrons. The van der Waals surface area contributed by atoms with Crippen molar-refractivity contribution in [3.8, 4) is 11.8 Å². The third kappa shape index (κ3) is 10.0. The normalized spacial score (nSPS) is 10.2. The molecule has 0 aromatic heterocycles. The van der Waals surface area contributed by atoms with Crippen LogP contribution in [0, 0.1) is 11.8 Å². The summed E-state index contributed by atoms with van der Waals surface area (Å²) in [5.74, 6) is 5.70. The summed E-state index contributed by atoms with van der Waals surface area (Å²) in [6, 6.07) is 0. The van der Waals surface area contributed by atoms with Crippen molar-refractivity contribution in [1.29, 1.82) is 0 Å². The summed E-state index contributed by atoms with van der Waals surface area (Å²) in [5.41, 5.74) is 0. The van der Waals surface area contributed by atoms with Gasteiger partial charge in [0.2, 0.25) is 0 Å². The Labute approximate surface area is 92.4 Å². The van der Waals surface area contributed by atoms with Crippen LogP contribution in [0.4, 0.5) is 0 Å². The molecule has 2 nitrogen and oxygen atoms in total. The number of hydrogen-bond acceptors (Lipinski definition) is 3. The molecule has 12 heavy (non-hydrogen) atoms. The van der Waals surface area contributed by atoms with Crippen molar-refractivity contribution >= 4 is 17.7 Å². The molecular formula is C8H13LiN2S. The minimum atomic E-state index is 0. The van der Waals surface area contributed by atoms with Crippen LogP contribution in [0.1, 0.15) is 6.92 Å². The summed E-state index contributed by atoms with van der Waals surface area (Å²) in [6.45, 7) is 3.40. The summed E-state index contributed by atoms with van der Waals surface area (Å²) < 4.78 is 0. The molecule has 0 N–H and O–H groups in total. The zero-order valence-electron chi connectivity index (χ0n) is 8.22. The van der Waals surface area contributed by atoms with Gasteiger partial charge in [0.15, 0.2) is 0 Å². The number of aliphatic imine (C=N–C) groups is 1. The van der Waals surface area contributed by atoms with Crippen LogP contribution in [0.25, 0.3) is 0 Å². The van der Waals surface area contributed by atoms with Gasteiger partial charge in [-0.05, 0) is 26.1 Å². The molecule has 0 bridgehead atoms. The van der Waals surface area contributed by atoms with Crippen LogP contribution in [0.3, 0.4) is 0 Å². The van der Waals surface area contributed by atoms with Crippen molar-refractivity contribution in [3.05, 3.63) is 0 Å². The summed E-state index contributed by atoms with van der Waals surface area (Å²) >= 11 is 4.85. The topological polar surface area (TPSA) is 15.6 Å². The minimum absolute atomic E-state index is 0. The molecule has 0 atom stereocenters. The van der Waals surface area contributed by atoms with Crippen molar-refractivity contribution in [2.24, 2.45) is 4.99 Å². The Balaban J connectivity index is 0. The Morgan fingerprint density at radius 2 is 2.08 bits per heavy atom. The Hall–Kier alpha value is 0.00740. The van der Waals surface area contributed by atoms with Crippen molar-refractivity contribution in [1.82, 2.24) is 4.90 Å². The molecule has 0 unspecified atom stereocenters. The van der Waals surface area contributed by atoms with E-state index in [1.165, 1.54) is 0 Å². The van der Waals surface area contributed by atoms with Gasteiger partial charge in [-0.25, -0.2) is 0 Å². The minimum Gasteiger partial charge on any atom is -0.752 e. The molecule has 0 aromatic rings. The molecule has 4 heteroatoms. The second kappa shape index (κ2) is 9.10. The van der Waals surface area contributed by atoms with Crippen molar-refractivity contribution < 1.29 is 18.9 Å². The average Bonchev–Trinajstić information content (AvgIpc) is 1.87. The first-order chi connectivity index (χ1) is 5.16. The fourth-order valence-corrected chi connectivity index (χ4v) is 0.658. The smallest absolute Gasteiger partial charge is 0.752 e. The predicted octanol–water partition coefficient (Wildman–Crippen LogP) is -2.48. The van der Waals surface area contributed by atoms with Crippen molar-refractivity contribution in [2.75, 3.05) is 27.2 Å². The van der Waals surface area contributed by atoms with E-state index in [0.717, 1.165) is 13.1 Å². The first kappa shape index (κ1) is 14.5. The van der Waals surface area contributed by atoms with Crippen molar-refractivity contribution in [2.45, 2.75) is 6.92 Å². The standard InChI is InChI=1S/C8H14N2S.Li/c1-4-9-8(11)6-5-7-10(2)3;/h4,7H2,1-3H3,(H,9,11);/q;+1/p-1. The van der Waals surface area contributed by atoms with Gasteiger partial charge in [0.1, 0.15) is 0 Å². The van der Waals surface area contributed by atoms with Gasteiger partial charge in [0.25, 0.3) is 0 Å². The molecule has 0 aliphatic rings. The van der Waals surface area contributed by atoms with Crippen LogP contribution in [-0.4, -0.2) is 37.1 Å². The quantitative estimate of drug-likeness (QED) is 0.152. The molecule has 0 aromatic carbocycles. The van der Waals surface area contributed by atoms with Gasteiger partial charge < -0.3 is 17.6 Å². The molecule has 0 rings (SSSR count). The van der Waals surface area contributed by atoms with Gasteiger partial charge in [-0.15, -0.1) is 0 Å². The first-order valence-electron chi connectivity index (χ1n) is 3.52. The van der Waals surface area contributed by atoms with E-state index in [-0.39, 0.29) is 18.9 Å². The van der Waals surface area contributed by atoms with Gasteiger partial charge in [-0.2, -0.15) is 0 Å². The zero-order chi connectivity index (χ0) is 8.69. The van der Waals surface area contributed by atoms with E-state index in [0.29, 0.717) is 5.04 Å². The number of hydrogen-bond donors (Lipinski definition) is 0. The molecule has 0 aliphatic heterocycles. The van der Waals surface area contributed by atoms with Gasteiger partial charge >= 0.3 is 18.9 Å². The third-order valence-corrected chi connectivity index (χ3v) is 1.12. The Morgan fingerprint density at radius 1 is 1.50 bits per heavy atom. The van der Waals surface area contributed by atoms with E-state index in [2.05, 4.69) is 16.8 Å². The summed E-state index contributed by atoms with van der Waals surface area (Å²) in [4.78, 5) is 5.95. The molecule has 0 radical (unpaired) electrons. The van der Waals surface area contributed by atoms with E-state index in [9.17, 15) is 0 Å². The van der Waals surface area contributed by atoms with E-state index in [1.54, 1.807) is 0 Å². The first-order valence-corrected chi connectivity index (χ1v) is 3.92. The van der Waals surface area contributed by atoms with Gasteiger partial charge in [0, 0.05) is 6.54 Å². The summed E-state index contributed by atoms with van der Waals surface area (Å²) in [5, 5.41) is 0.509. The van der Waals surface area contributed by atoms with E-state index in [1.807, 2.05) is 25.9 Å². The number of nitrogens with zero attached hydrogens (tertiary/aromatic N) is 2. The maximum absolute atomic E-state index is 4.85. The molecule has 0 saturated heterocycles. The van der Waals surface area contributed by atoms with Crippen LogP contribution in [0.5, 0.6) is 0 Å². The van der Waals surface area contributed by atoms with Gasteiger partial charge in [-0.1, -0.05) is 11.8 Å². The van der Waals surface area contributed by atoms with Crippen LogP contribution >= 0.6 is 0 Å². The molecule has 0 heterocycles. The maximum Gasteiger partial charge on any atom is 1.00 e. The van der Waals surface area contributed by atoms with Crippen LogP contribution in [0.15, 0.2) is 4.99 Å². The van der Waals surface area contributed by atoms with E-state index < -0.39 is 0 Å². The SMILES string of the molecule is CCN=C([S-])C#CCN(C)C.[Li+]. The van der Waals surface area contributed by atoms with Gasteiger partial charge in [0.05, 0.1) is 6.54 Å². The number of rotatable bonds is 2. The maximum atomic E-state index is 4.85. The molecule has 0 fully saturated rings. The largest absolute Gasteiger partial charge is 1.00 e. The summed E-state index contributed by atoms with van der Waals surface area (Å²) in [7, 11) is 3.93. The monoisotopic (exact) mass is 176 g/mol. The second-order valence-electron chi connectivity index (χ2n) is 2.32. The fraction of sp³-hybridized carbons (Fsp3) is 0.625. The Morgan fingerprint density at radius 3 is 2.50 bits per heavy atom. The molecule has 0 aliphatic carbocycles. The second-order valence-corrected chi connectivity index (χ2v) is 2.71. The Bertz CT molecular complexity index is 191. The Kier molecular flexibility index (Phi) is 11.0. The van der Waals surface area contributed by atoms with Crippen LogP contribution < -0.4 is 18.9 Å². The van der Waals surface area contributed by atoms with Crippen molar-refractivity contribution in [3.63, 3.8) is 0 Å². The zero-order valence-corrected chi connectivity index (χ0v) is 9.03.